The van der Waals surface area contributed by atoms with Gasteiger partial charge in [-0.25, -0.2) is 9.37 Å². The molecule has 1 saturated heterocycles. The van der Waals surface area contributed by atoms with Gasteiger partial charge >= 0.3 is 0 Å². The Morgan fingerprint density at radius 1 is 1.13 bits per heavy atom. The second-order valence-corrected chi connectivity index (χ2v) is 7.91. The highest BCUT2D eigenvalue weighted by Crippen LogP contribution is 2.25. The Morgan fingerprint density at radius 3 is 2.60 bits per heavy atom. The minimum absolute atomic E-state index is 0.0438. The van der Waals surface area contributed by atoms with Crippen LogP contribution < -0.4 is 0 Å². The van der Waals surface area contributed by atoms with Crippen LogP contribution in [0.2, 0.25) is 0 Å². The summed E-state index contributed by atoms with van der Waals surface area (Å²) in [7, 11) is 0. The fourth-order valence-electron chi connectivity index (χ4n) is 4.45. The topological polar surface area (TPSA) is 41.4 Å². The Bertz CT molecular complexity index is 1010. The zero-order valence-electron chi connectivity index (χ0n) is 17.7. The van der Waals surface area contributed by atoms with E-state index in [-0.39, 0.29) is 17.6 Å². The van der Waals surface area contributed by atoms with Gasteiger partial charge in [0.05, 0.1) is 23.5 Å². The molecule has 1 amide bonds. The van der Waals surface area contributed by atoms with Gasteiger partial charge in [0, 0.05) is 25.3 Å². The molecule has 5 nitrogen and oxygen atoms in total. The van der Waals surface area contributed by atoms with Gasteiger partial charge in [0.1, 0.15) is 11.6 Å². The van der Waals surface area contributed by atoms with Crippen LogP contribution in [0.15, 0.2) is 48.5 Å². The molecule has 0 aliphatic carbocycles. The number of carbonyl (C=O) groups excluding carboxylic acids is 1. The van der Waals surface area contributed by atoms with E-state index >= 15 is 0 Å². The minimum atomic E-state index is -0.251. The third kappa shape index (κ3) is 4.10. The van der Waals surface area contributed by atoms with Crippen LogP contribution in [0.5, 0.6) is 0 Å². The molecule has 0 unspecified atom stereocenters. The van der Waals surface area contributed by atoms with E-state index in [0.717, 1.165) is 61.6 Å². The largest absolute Gasteiger partial charge is 0.343 e. The Hall–Kier alpha value is -2.73. The van der Waals surface area contributed by atoms with Crippen molar-refractivity contribution >= 4 is 16.9 Å². The number of likely N-dealkylation sites (tertiary alicyclic amines) is 1. The number of carbonyl (C=O) groups is 1. The standard InChI is InChI=1S/C24H29FN4O/c1-3-28(4-2)24(30)18-8-7-15-27(16-18)17-23-26-21-9-5-6-10-22(21)29(23)20-13-11-19(25)12-14-20/h5-6,9-14,18H,3-4,7-8,15-17H2,1-2H3/t18-/m0/s1. The summed E-state index contributed by atoms with van der Waals surface area (Å²) < 4.78 is 15.6. The first-order chi connectivity index (χ1) is 14.6. The summed E-state index contributed by atoms with van der Waals surface area (Å²) in [6.07, 6.45) is 1.95. The molecule has 30 heavy (non-hydrogen) atoms. The molecule has 0 saturated carbocycles. The molecule has 1 fully saturated rings. The monoisotopic (exact) mass is 408 g/mol. The van der Waals surface area contributed by atoms with Crippen molar-refractivity contribution in [1.82, 2.24) is 19.4 Å². The molecule has 1 atom stereocenters. The third-order valence-corrected chi connectivity index (χ3v) is 6.01. The summed E-state index contributed by atoms with van der Waals surface area (Å²) in [5.41, 5.74) is 2.82. The van der Waals surface area contributed by atoms with Crippen LogP contribution in [-0.2, 0) is 11.3 Å². The first-order valence-electron chi connectivity index (χ1n) is 10.8. The van der Waals surface area contributed by atoms with Crippen molar-refractivity contribution in [1.29, 1.82) is 0 Å². The second kappa shape index (κ2) is 8.96. The Labute approximate surface area is 177 Å². The van der Waals surface area contributed by atoms with Gasteiger partial charge in [-0.1, -0.05) is 12.1 Å². The highest BCUT2D eigenvalue weighted by molar-refractivity contribution is 5.79. The fourth-order valence-corrected chi connectivity index (χ4v) is 4.45. The van der Waals surface area contributed by atoms with E-state index in [0.29, 0.717) is 6.54 Å². The normalized spacial score (nSPS) is 17.4. The lowest BCUT2D eigenvalue weighted by Gasteiger charge is -2.34. The summed E-state index contributed by atoms with van der Waals surface area (Å²) in [4.78, 5) is 22.0. The average Bonchev–Trinajstić information content (AvgIpc) is 3.13. The van der Waals surface area contributed by atoms with E-state index in [2.05, 4.69) is 9.47 Å². The molecule has 3 aromatic rings. The van der Waals surface area contributed by atoms with Crippen LogP contribution in [0.1, 0.15) is 32.5 Å². The molecular formula is C24H29FN4O. The number of fused-ring (bicyclic) bond motifs is 1. The Balaban J connectivity index is 1.61. The van der Waals surface area contributed by atoms with Gasteiger partial charge < -0.3 is 4.90 Å². The molecule has 1 aliphatic heterocycles. The van der Waals surface area contributed by atoms with E-state index in [4.69, 9.17) is 4.98 Å². The fraction of sp³-hybridized carbons (Fsp3) is 0.417. The number of halogens is 1. The molecule has 2 heterocycles. The molecule has 1 aromatic heterocycles. The van der Waals surface area contributed by atoms with Crippen molar-refractivity contribution < 1.29 is 9.18 Å². The lowest BCUT2D eigenvalue weighted by molar-refractivity contribution is -0.137. The van der Waals surface area contributed by atoms with Crippen molar-refractivity contribution in [2.75, 3.05) is 26.2 Å². The smallest absolute Gasteiger partial charge is 0.226 e. The lowest BCUT2D eigenvalue weighted by Crippen LogP contribution is -2.44. The van der Waals surface area contributed by atoms with Gasteiger partial charge in [-0.05, 0) is 69.6 Å². The van der Waals surface area contributed by atoms with Crippen LogP contribution in [0.3, 0.4) is 0 Å². The van der Waals surface area contributed by atoms with Gasteiger partial charge in [0.15, 0.2) is 0 Å². The second-order valence-electron chi connectivity index (χ2n) is 7.91. The van der Waals surface area contributed by atoms with E-state index in [1.165, 1.54) is 12.1 Å². The van der Waals surface area contributed by atoms with Crippen molar-refractivity contribution in [2.24, 2.45) is 5.92 Å². The number of imidazole rings is 1. The van der Waals surface area contributed by atoms with E-state index < -0.39 is 0 Å². The zero-order valence-corrected chi connectivity index (χ0v) is 17.7. The predicted octanol–water partition coefficient (Wildman–Crippen LogP) is 4.25. The SMILES string of the molecule is CCN(CC)C(=O)[C@H]1CCCN(Cc2nc3ccccc3n2-c2ccc(F)cc2)C1. The number of aromatic nitrogens is 2. The van der Waals surface area contributed by atoms with Crippen LogP contribution in [0.4, 0.5) is 4.39 Å². The summed E-state index contributed by atoms with van der Waals surface area (Å²) in [6.45, 7) is 7.95. The van der Waals surface area contributed by atoms with Crippen LogP contribution in [0, 0.1) is 11.7 Å². The van der Waals surface area contributed by atoms with Crippen LogP contribution in [0.25, 0.3) is 16.7 Å². The number of piperidine rings is 1. The van der Waals surface area contributed by atoms with Crippen molar-refractivity contribution in [3.63, 3.8) is 0 Å². The number of nitrogens with zero attached hydrogens (tertiary/aromatic N) is 4. The average molecular weight is 409 g/mol. The molecule has 0 radical (unpaired) electrons. The third-order valence-electron chi connectivity index (χ3n) is 6.01. The highest BCUT2D eigenvalue weighted by atomic mass is 19.1. The number of hydrogen-bond donors (Lipinski definition) is 0. The van der Waals surface area contributed by atoms with Crippen molar-refractivity contribution in [2.45, 2.75) is 33.2 Å². The highest BCUT2D eigenvalue weighted by Gasteiger charge is 2.29. The summed E-state index contributed by atoms with van der Waals surface area (Å²) in [5, 5.41) is 0. The quantitative estimate of drug-likeness (QED) is 0.612. The van der Waals surface area contributed by atoms with E-state index in [9.17, 15) is 9.18 Å². The summed E-state index contributed by atoms with van der Waals surface area (Å²) >= 11 is 0. The molecule has 0 bridgehead atoms. The summed E-state index contributed by atoms with van der Waals surface area (Å²) in [6, 6.07) is 14.5. The molecular weight excluding hydrogens is 379 g/mol. The predicted molar refractivity (Wildman–Crippen MR) is 117 cm³/mol. The van der Waals surface area contributed by atoms with Crippen molar-refractivity contribution in [3.05, 3.63) is 60.2 Å². The molecule has 4 rings (SSSR count). The maximum absolute atomic E-state index is 13.5. The molecule has 1 aliphatic rings. The Kier molecular flexibility index (Phi) is 6.13. The number of benzene rings is 2. The van der Waals surface area contributed by atoms with E-state index in [1.54, 1.807) is 12.1 Å². The first kappa shape index (κ1) is 20.5. The molecule has 158 valence electrons. The van der Waals surface area contributed by atoms with E-state index in [1.807, 2.05) is 43.0 Å². The molecule has 2 aromatic carbocycles. The zero-order chi connectivity index (χ0) is 21.1. The summed E-state index contributed by atoms with van der Waals surface area (Å²) in [5.74, 6) is 0.969. The number of amides is 1. The first-order valence-corrected chi connectivity index (χ1v) is 10.8. The molecule has 0 N–H and O–H groups in total. The number of para-hydroxylation sites is 2. The number of rotatable bonds is 6. The van der Waals surface area contributed by atoms with Crippen LogP contribution in [-0.4, -0.2) is 51.4 Å². The molecule has 0 spiro atoms. The van der Waals surface area contributed by atoms with Gasteiger partial charge in [0.2, 0.25) is 5.91 Å². The maximum atomic E-state index is 13.5. The van der Waals surface area contributed by atoms with Gasteiger partial charge in [0.25, 0.3) is 0 Å². The lowest BCUT2D eigenvalue weighted by atomic mass is 9.96. The van der Waals surface area contributed by atoms with Gasteiger partial charge in [-0.3, -0.25) is 14.3 Å². The Morgan fingerprint density at radius 2 is 1.87 bits per heavy atom. The number of hydrogen-bond acceptors (Lipinski definition) is 3. The van der Waals surface area contributed by atoms with Gasteiger partial charge in [-0.2, -0.15) is 0 Å². The van der Waals surface area contributed by atoms with Gasteiger partial charge in [-0.15, -0.1) is 0 Å². The van der Waals surface area contributed by atoms with Crippen molar-refractivity contribution in [3.8, 4) is 5.69 Å². The minimum Gasteiger partial charge on any atom is -0.343 e. The van der Waals surface area contributed by atoms with Crippen LogP contribution >= 0.6 is 0 Å². The maximum Gasteiger partial charge on any atom is 0.226 e. The molecule has 6 heteroatoms.